The van der Waals surface area contributed by atoms with Gasteiger partial charge in [-0.3, -0.25) is 4.99 Å². The number of hydrogen-bond acceptors (Lipinski definition) is 3. The summed E-state index contributed by atoms with van der Waals surface area (Å²) < 4.78 is 0. The molecule has 3 unspecified atom stereocenters. The van der Waals surface area contributed by atoms with Crippen molar-refractivity contribution in [2.75, 3.05) is 12.3 Å². The van der Waals surface area contributed by atoms with Gasteiger partial charge in [-0.25, -0.2) is 0 Å². The van der Waals surface area contributed by atoms with Gasteiger partial charge in [0, 0.05) is 11.0 Å². The number of guanidine groups is 1. The van der Waals surface area contributed by atoms with Crippen LogP contribution in [0.1, 0.15) is 105 Å². The van der Waals surface area contributed by atoms with E-state index in [0.717, 1.165) is 53.1 Å². The normalized spacial score (nSPS) is 39.4. The first-order valence-electron chi connectivity index (χ1n) is 14.7. The van der Waals surface area contributed by atoms with E-state index in [4.69, 9.17) is 11.5 Å². The van der Waals surface area contributed by atoms with Crippen LogP contribution in [0.15, 0.2) is 16.6 Å². The molecule has 0 radical (unpaired) electrons. The third-order valence-electron chi connectivity index (χ3n) is 10.9. The maximum atomic E-state index is 5.45. The van der Waals surface area contributed by atoms with Gasteiger partial charge in [0.2, 0.25) is 0 Å². The molecule has 35 heavy (non-hydrogen) atoms. The molecule has 3 saturated carbocycles. The highest BCUT2D eigenvalue weighted by Crippen LogP contribution is 2.67. The van der Waals surface area contributed by atoms with Crippen LogP contribution in [0.2, 0.25) is 0 Å². The van der Waals surface area contributed by atoms with E-state index in [1.165, 1.54) is 70.6 Å². The Morgan fingerprint density at radius 2 is 1.86 bits per heavy atom. The number of hydrogen-bond donors (Lipinski definition) is 2. The largest absolute Gasteiger partial charge is 0.370 e. The van der Waals surface area contributed by atoms with Crippen molar-refractivity contribution >= 4 is 27.5 Å². The summed E-state index contributed by atoms with van der Waals surface area (Å²) in [5.74, 6) is 6.76. The number of aliphatic imine (C=N–C) groups is 1. The predicted molar refractivity (Wildman–Crippen MR) is 158 cm³/mol. The zero-order valence-electron chi connectivity index (χ0n) is 23.2. The summed E-state index contributed by atoms with van der Waals surface area (Å²) in [6, 6.07) is 0. The monoisotopic (exact) mass is 519 g/mol. The Morgan fingerprint density at radius 3 is 2.60 bits per heavy atom. The summed E-state index contributed by atoms with van der Waals surface area (Å²) in [5, 5.41) is 0.756. The lowest BCUT2D eigenvalue weighted by atomic mass is 9.47. The van der Waals surface area contributed by atoms with Crippen molar-refractivity contribution < 1.29 is 0 Å². The fourth-order valence-corrected chi connectivity index (χ4v) is 11.6. The molecule has 4 N–H and O–H groups in total. The highest BCUT2D eigenvalue weighted by molar-refractivity contribution is 8.76. The summed E-state index contributed by atoms with van der Waals surface area (Å²) in [6.07, 6.45) is 18.4. The minimum atomic E-state index is 0.212. The molecule has 4 aliphatic rings. The Morgan fingerprint density at radius 1 is 1.06 bits per heavy atom. The third-order valence-corrected chi connectivity index (χ3v) is 13.8. The molecule has 0 aromatic carbocycles. The number of allylic oxidation sites excluding steroid dienone is 2. The zero-order chi connectivity index (χ0) is 25.2. The SMILES string of the molecule is CC(C)CCC[C@@H](C)[C@H]1CCC2C3CC=C4C[C@@H](SSCCN=C(N)N)CC[C@]4(C)C3CC[C@@]21C. The molecule has 3 fully saturated rings. The van der Waals surface area contributed by atoms with Gasteiger partial charge >= 0.3 is 0 Å². The van der Waals surface area contributed by atoms with Crippen LogP contribution in [-0.2, 0) is 0 Å². The predicted octanol–water partition coefficient (Wildman–Crippen LogP) is 8.05. The molecular formula is C30H53N3S2. The van der Waals surface area contributed by atoms with Gasteiger partial charge in [0.15, 0.2) is 5.96 Å². The van der Waals surface area contributed by atoms with E-state index in [1.54, 1.807) is 0 Å². The van der Waals surface area contributed by atoms with E-state index in [2.05, 4.69) is 56.5 Å². The van der Waals surface area contributed by atoms with Crippen molar-refractivity contribution in [1.82, 2.24) is 0 Å². The van der Waals surface area contributed by atoms with Crippen molar-refractivity contribution in [3.05, 3.63) is 11.6 Å². The van der Waals surface area contributed by atoms with E-state index in [-0.39, 0.29) is 5.96 Å². The lowest BCUT2D eigenvalue weighted by molar-refractivity contribution is -0.0497. The molecule has 200 valence electrons. The zero-order valence-corrected chi connectivity index (χ0v) is 24.9. The first-order chi connectivity index (χ1) is 16.6. The van der Waals surface area contributed by atoms with Crippen LogP contribution in [0.4, 0.5) is 0 Å². The van der Waals surface area contributed by atoms with Gasteiger partial charge in [-0.2, -0.15) is 0 Å². The Bertz CT molecular complexity index is 776. The van der Waals surface area contributed by atoms with E-state index in [0.29, 0.717) is 10.8 Å². The lowest BCUT2D eigenvalue weighted by Crippen LogP contribution is -2.50. The lowest BCUT2D eigenvalue weighted by Gasteiger charge is -2.58. The molecule has 0 aromatic heterocycles. The van der Waals surface area contributed by atoms with E-state index in [1.807, 2.05) is 16.4 Å². The fraction of sp³-hybridized carbons (Fsp3) is 0.900. The van der Waals surface area contributed by atoms with Crippen molar-refractivity contribution in [2.45, 2.75) is 110 Å². The van der Waals surface area contributed by atoms with Crippen molar-refractivity contribution in [3.8, 4) is 0 Å². The first kappa shape index (κ1) is 27.7. The Kier molecular flexibility index (Phi) is 9.21. The number of nitrogens with two attached hydrogens (primary N) is 2. The maximum absolute atomic E-state index is 5.45. The van der Waals surface area contributed by atoms with Crippen LogP contribution in [0.5, 0.6) is 0 Å². The average molecular weight is 520 g/mol. The van der Waals surface area contributed by atoms with Gasteiger partial charge in [0.1, 0.15) is 0 Å². The van der Waals surface area contributed by atoms with Gasteiger partial charge in [0.05, 0.1) is 6.54 Å². The van der Waals surface area contributed by atoms with Gasteiger partial charge in [0.25, 0.3) is 0 Å². The first-order valence-corrected chi connectivity index (χ1v) is 17.1. The summed E-state index contributed by atoms with van der Waals surface area (Å²) in [7, 11) is 4.04. The van der Waals surface area contributed by atoms with Crippen LogP contribution in [0.3, 0.4) is 0 Å². The van der Waals surface area contributed by atoms with Crippen LogP contribution in [0, 0.1) is 46.3 Å². The molecule has 8 atom stereocenters. The summed E-state index contributed by atoms with van der Waals surface area (Å²) in [5.41, 5.74) is 13.8. The van der Waals surface area contributed by atoms with Gasteiger partial charge < -0.3 is 11.5 Å². The van der Waals surface area contributed by atoms with Crippen LogP contribution in [-0.4, -0.2) is 23.5 Å². The van der Waals surface area contributed by atoms with E-state index < -0.39 is 0 Å². The molecular weight excluding hydrogens is 466 g/mol. The van der Waals surface area contributed by atoms with Gasteiger partial charge in [-0.15, -0.1) is 0 Å². The van der Waals surface area contributed by atoms with Gasteiger partial charge in [-0.1, -0.05) is 87.1 Å². The van der Waals surface area contributed by atoms with Crippen molar-refractivity contribution in [3.63, 3.8) is 0 Å². The molecule has 0 saturated heterocycles. The quantitative estimate of drug-likeness (QED) is 0.101. The molecule has 0 amide bonds. The van der Waals surface area contributed by atoms with Crippen molar-refractivity contribution in [2.24, 2.45) is 62.8 Å². The second-order valence-electron chi connectivity index (χ2n) is 13.4. The number of nitrogens with zero attached hydrogens (tertiary/aromatic N) is 1. The second kappa shape index (κ2) is 11.6. The van der Waals surface area contributed by atoms with E-state index in [9.17, 15) is 0 Å². The van der Waals surface area contributed by atoms with Crippen LogP contribution in [0.25, 0.3) is 0 Å². The minimum Gasteiger partial charge on any atom is -0.370 e. The molecule has 3 nitrogen and oxygen atoms in total. The standard InChI is InChI=1S/C30H53N3S2/c1-20(2)7-6-8-21(3)25-11-12-26-24-10-9-22-19-23(35-34-18-17-33-28(31)32)13-15-29(22,4)27(24)14-16-30(25,26)5/h9,20-21,23-27H,6-8,10-19H2,1-5H3,(H4,31,32,33)/t21-,23+,24?,25-,26?,27?,29+,30-/m1/s1. The minimum absolute atomic E-state index is 0.212. The topological polar surface area (TPSA) is 64.4 Å². The molecule has 0 heterocycles. The molecule has 0 aliphatic heterocycles. The Labute approximate surface area is 224 Å². The third kappa shape index (κ3) is 5.91. The molecule has 0 bridgehead atoms. The molecule has 5 heteroatoms. The Balaban J connectivity index is 1.36. The summed E-state index contributed by atoms with van der Waals surface area (Å²) in [6.45, 7) is 13.5. The number of rotatable bonds is 10. The number of fused-ring (bicyclic) bond motifs is 5. The maximum Gasteiger partial charge on any atom is 0.185 e. The van der Waals surface area contributed by atoms with E-state index >= 15 is 0 Å². The average Bonchev–Trinajstić information content (AvgIpc) is 3.15. The fourth-order valence-electron chi connectivity index (χ4n) is 9.09. The summed E-state index contributed by atoms with van der Waals surface area (Å²) in [4.78, 5) is 4.13. The Hall–Kier alpha value is -0.290. The molecule has 4 rings (SSSR count). The smallest absolute Gasteiger partial charge is 0.185 e. The van der Waals surface area contributed by atoms with Gasteiger partial charge in [-0.05, 0) is 97.7 Å². The second-order valence-corrected chi connectivity index (χ2v) is 16.2. The van der Waals surface area contributed by atoms with Crippen LogP contribution >= 0.6 is 21.6 Å². The van der Waals surface area contributed by atoms with Crippen molar-refractivity contribution in [1.29, 1.82) is 0 Å². The highest BCUT2D eigenvalue weighted by atomic mass is 33.1. The highest BCUT2D eigenvalue weighted by Gasteiger charge is 2.59. The molecule has 4 aliphatic carbocycles. The molecule has 0 spiro atoms. The molecule has 0 aromatic rings. The van der Waals surface area contributed by atoms with Crippen LogP contribution < -0.4 is 11.5 Å². The summed E-state index contributed by atoms with van der Waals surface area (Å²) >= 11 is 0.